The van der Waals surface area contributed by atoms with E-state index >= 15 is 0 Å². The summed E-state index contributed by atoms with van der Waals surface area (Å²) >= 11 is 5.89. The molecule has 232 valence electrons. The number of carbonyl (C=O) groups excluding carboxylic acids is 6. The van der Waals surface area contributed by atoms with Gasteiger partial charge in [-0.15, -0.1) is 0 Å². The molecule has 5 rings (SSSR count). The number of primary amides is 1. The topological polar surface area (TPSA) is 199 Å². The molecule has 3 aliphatic carbocycles. The minimum absolute atomic E-state index is 0.0684. The molecule has 0 heterocycles. The highest BCUT2D eigenvalue weighted by Crippen LogP contribution is 2.52. The van der Waals surface area contributed by atoms with Crippen LogP contribution in [0.1, 0.15) is 22.3 Å². The van der Waals surface area contributed by atoms with Crippen molar-refractivity contribution >= 4 is 63.7 Å². The Bertz CT molecular complexity index is 1620. The van der Waals surface area contributed by atoms with Gasteiger partial charge in [0.25, 0.3) is 0 Å². The third kappa shape index (κ3) is 4.71. The van der Waals surface area contributed by atoms with Crippen LogP contribution in [-0.2, 0) is 25.6 Å². The van der Waals surface area contributed by atoms with E-state index in [1.54, 1.807) is 43.3 Å². The number of phenols is 1. The summed E-state index contributed by atoms with van der Waals surface area (Å²) in [6.07, 6.45) is 0.0190. The van der Waals surface area contributed by atoms with Gasteiger partial charge in [-0.3, -0.25) is 28.9 Å². The molecule has 0 saturated heterocycles. The fourth-order valence-corrected chi connectivity index (χ4v) is 7.09. The average molecular weight is 626 g/mol. The zero-order valence-corrected chi connectivity index (χ0v) is 25.1. The lowest BCUT2D eigenvalue weighted by Crippen LogP contribution is -2.74. The maximum atomic E-state index is 14.1. The van der Waals surface area contributed by atoms with Gasteiger partial charge in [-0.05, 0) is 68.8 Å². The zero-order chi connectivity index (χ0) is 32.4. The summed E-state index contributed by atoms with van der Waals surface area (Å²) in [7, 11) is 6.45. The summed E-state index contributed by atoms with van der Waals surface area (Å²) in [5, 5.41) is 28.6. The third-order valence-electron chi connectivity index (χ3n) is 8.87. The molecule has 0 radical (unpaired) electrons. The number of aromatic hydroxyl groups is 1. The Morgan fingerprint density at radius 3 is 2.23 bits per heavy atom. The molecule has 2 unspecified atom stereocenters. The lowest BCUT2D eigenvalue weighted by Gasteiger charge is -2.52. The Labute approximate surface area is 257 Å². The van der Waals surface area contributed by atoms with E-state index in [0.717, 1.165) is 0 Å². The maximum Gasteiger partial charge on any atom is 0.323 e. The predicted octanol–water partition coefficient (Wildman–Crippen LogP) is 1.23. The SMILES string of the molecule is CN(C)c1cc(NC(=O)Nc2ccc(Cl)cc2)c(O)c2c1C[C@H]1C[C@H]3[C@H](N(C)C)C(=O)C(C(N)=O)C(=O)[C@@]3(O)C(=O)C1C2=O. The van der Waals surface area contributed by atoms with Gasteiger partial charge in [0.05, 0.1) is 23.2 Å². The number of hydrogen-bond acceptors (Lipinski definition) is 10. The number of aliphatic hydroxyl groups is 1. The van der Waals surface area contributed by atoms with Crippen molar-refractivity contribution in [1.29, 1.82) is 0 Å². The van der Waals surface area contributed by atoms with Gasteiger partial charge in [0.15, 0.2) is 34.7 Å². The minimum Gasteiger partial charge on any atom is -0.505 e. The highest BCUT2D eigenvalue weighted by Gasteiger charge is 2.69. The minimum atomic E-state index is -2.83. The number of nitrogens with one attached hydrogen (secondary N) is 2. The predicted molar refractivity (Wildman–Crippen MR) is 160 cm³/mol. The third-order valence-corrected chi connectivity index (χ3v) is 9.12. The van der Waals surface area contributed by atoms with Crippen LogP contribution in [0, 0.1) is 23.7 Å². The maximum absolute atomic E-state index is 14.1. The van der Waals surface area contributed by atoms with Crippen molar-refractivity contribution < 1.29 is 39.0 Å². The van der Waals surface area contributed by atoms with Gasteiger partial charge >= 0.3 is 6.03 Å². The number of likely N-dealkylation sites (N-methyl/N-ethyl adjacent to an activating group) is 1. The first-order chi connectivity index (χ1) is 20.6. The molecular weight excluding hydrogens is 594 g/mol. The van der Waals surface area contributed by atoms with Crippen molar-refractivity contribution in [2.45, 2.75) is 24.5 Å². The van der Waals surface area contributed by atoms with E-state index < -0.39 is 76.1 Å². The summed E-state index contributed by atoms with van der Waals surface area (Å²) in [5.74, 6) is -11.6. The Hall–Kier alpha value is -4.33. The van der Waals surface area contributed by atoms with Gasteiger partial charge in [0.2, 0.25) is 5.91 Å². The number of hydrogen-bond donors (Lipinski definition) is 5. The van der Waals surface area contributed by atoms with E-state index in [0.29, 0.717) is 22.0 Å². The summed E-state index contributed by atoms with van der Waals surface area (Å²) in [5.41, 5.74) is 3.48. The number of anilines is 3. The second-order valence-electron chi connectivity index (χ2n) is 11.9. The zero-order valence-electron chi connectivity index (χ0n) is 24.4. The number of fused-ring (bicyclic) bond motifs is 3. The molecule has 6 atom stereocenters. The highest BCUT2D eigenvalue weighted by atomic mass is 35.5. The lowest BCUT2D eigenvalue weighted by atomic mass is 9.52. The van der Waals surface area contributed by atoms with Crippen LogP contribution in [0.4, 0.5) is 21.9 Å². The number of nitrogens with two attached hydrogens (primary N) is 1. The summed E-state index contributed by atoms with van der Waals surface area (Å²) in [6.45, 7) is 0. The van der Waals surface area contributed by atoms with Gasteiger partial charge in [0.1, 0.15) is 5.75 Å². The Kier molecular flexibility index (Phi) is 7.77. The first kappa shape index (κ1) is 31.1. The molecule has 3 aliphatic rings. The number of ketones is 4. The fraction of sp³-hybridized carbons (Fsp3) is 0.400. The van der Waals surface area contributed by atoms with Crippen LogP contribution in [-0.4, -0.2) is 90.0 Å². The molecule has 2 fully saturated rings. The molecule has 2 aromatic carbocycles. The number of halogens is 1. The molecule has 44 heavy (non-hydrogen) atoms. The van der Waals surface area contributed by atoms with Gasteiger partial charge in [-0.25, -0.2) is 4.79 Å². The van der Waals surface area contributed by atoms with E-state index in [9.17, 15) is 39.0 Å². The highest BCUT2D eigenvalue weighted by molar-refractivity contribution is 6.32. The smallest absolute Gasteiger partial charge is 0.323 e. The normalized spacial score (nSPS) is 27.8. The van der Waals surface area contributed by atoms with Crippen LogP contribution in [0.15, 0.2) is 30.3 Å². The fourth-order valence-electron chi connectivity index (χ4n) is 6.96. The second kappa shape index (κ2) is 11.0. The van der Waals surface area contributed by atoms with E-state index in [2.05, 4.69) is 10.6 Å². The molecule has 0 bridgehead atoms. The number of phenolic OH excluding ortho intramolecular Hbond substituents is 1. The molecule has 3 amide bonds. The van der Waals surface area contributed by atoms with Crippen molar-refractivity contribution in [3.63, 3.8) is 0 Å². The van der Waals surface area contributed by atoms with E-state index in [-0.39, 0.29) is 24.1 Å². The number of rotatable bonds is 5. The summed E-state index contributed by atoms with van der Waals surface area (Å²) in [6, 6.07) is 5.86. The van der Waals surface area contributed by atoms with E-state index in [4.69, 9.17) is 17.3 Å². The number of urea groups is 1. The average Bonchev–Trinajstić information content (AvgIpc) is 2.93. The molecule has 6 N–H and O–H groups in total. The molecular formula is C30H32ClN5O8. The van der Waals surface area contributed by atoms with Crippen LogP contribution in [0.5, 0.6) is 5.75 Å². The lowest BCUT2D eigenvalue weighted by molar-refractivity contribution is -0.181. The monoisotopic (exact) mass is 625 g/mol. The molecule has 13 nitrogen and oxygen atoms in total. The van der Waals surface area contributed by atoms with Gasteiger partial charge in [0, 0.05) is 36.4 Å². The van der Waals surface area contributed by atoms with E-state index in [1.165, 1.54) is 25.1 Å². The molecule has 14 heteroatoms. The summed E-state index contributed by atoms with van der Waals surface area (Å²) in [4.78, 5) is 82.9. The van der Waals surface area contributed by atoms with Crippen molar-refractivity contribution in [3.8, 4) is 5.75 Å². The molecule has 0 aliphatic heterocycles. The first-order valence-electron chi connectivity index (χ1n) is 13.8. The quantitative estimate of drug-likeness (QED) is 0.238. The number of nitrogens with zero attached hydrogens (tertiary/aromatic N) is 2. The van der Waals surface area contributed by atoms with Crippen molar-refractivity contribution in [2.24, 2.45) is 29.4 Å². The Morgan fingerprint density at radius 2 is 1.66 bits per heavy atom. The van der Waals surface area contributed by atoms with Gasteiger partial charge < -0.3 is 31.5 Å². The van der Waals surface area contributed by atoms with Gasteiger partial charge in [-0.1, -0.05) is 11.6 Å². The first-order valence-corrected chi connectivity index (χ1v) is 14.2. The number of Topliss-reactive ketones (excluding diaryl/α,β-unsaturated/α-hetero) is 4. The van der Waals surface area contributed by atoms with E-state index in [1.807, 2.05) is 0 Å². The van der Waals surface area contributed by atoms with Crippen LogP contribution < -0.4 is 21.3 Å². The summed E-state index contributed by atoms with van der Waals surface area (Å²) < 4.78 is 0. The largest absolute Gasteiger partial charge is 0.505 e. The Balaban J connectivity index is 1.57. The molecule has 0 spiro atoms. The number of benzene rings is 2. The van der Waals surface area contributed by atoms with Crippen molar-refractivity contribution in [2.75, 3.05) is 43.7 Å². The van der Waals surface area contributed by atoms with Crippen LogP contribution in [0.2, 0.25) is 5.02 Å². The number of amides is 3. The molecule has 2 saturated carbocycles. The van der Waals surface area contributed by atoms with Crippen LogP contribution >= 0.6 is 11.6 Å². The Morgan fingerprint density at radius 1 is 1.02 bits per heavy atom. The molecule has 2 aromatic rings. The second-order valence-corrected chi connectivity index (χ2v) is 12.4. The van der Waals surface area contributed by atoms with Crippen LogP contribution in [0.3, 0.4) is 0 Å². The standard InChI is InChI=1S/C30H32ClN5O8/c1-35(2)18-11-17(34-29(43)33-14-7-5-13(31)6-8-14)23(37)20-15(18)9-12-10-16-22(36(3)4)25(39)21(28(32)42)27(41)30(16,44)26(40)19(12)24(20)38/h5-8,11-12,16,19,21-22,37,44H,9-10H2,1-4H3,(H2,32,42)(H2,33,34,43)/t12-,16-,19?,21?,22-,30-/m0/s1. The van der Waals surface area contributed by atoms with Crippen molar-refractivity contribution in [1.82, 2.24) is 4.90 Å². The van der Waals surface area contributed by atoms with Crippen LogP contribution in [0.25, 0.3) is 0 Å². The number of carbonyl (C=O) groups is 6. The molecule has 0 aromatic heterocycles. The van der Waals surface area contributed by atoms with Gasteiger partial charge in [-0.2, -0.15) is 0 Å². The van der Waals surface area contributed by atoms with Crippen molar-refractivity contribution in [3.05, 3.63) is 46.5 Å².